The van der Waals surface area contributed by atoms with Gasteiger partial charge in [0.1, 0.15) is 5.75 Å². The third-order valence-electron chi connectivity index (χ3n) is 5.53. The van der Waals surface area contributed by atoms with Gasteiger partial charge in [-0.3, -0.25) is 4.79 Å². The van der Waals surface area contributed by atoms with E-state index in [1.165, 1.54) is 32.1 Å². The van der Waals surface area contributed by atoms with Gasteiger partial charge in [0.25, 0.3) is 5.91 Å². The monoisotopic (exact) mass is 451 g/mol. The number of thiocarbonyl (C=S) groups is 1. The Morgan fingerprint density at radius 2 is 1.69 bits per heavy atom. The van der Waals surface area contributed by atoms with E-state index >= 15 is 0 Å². The molecule has 0 radical (unpaired) electrons. The molecule has 0 saturated heterocycles. The molecule has 5 nitrogen and oxygen atoms in total. The van der Waals surface area contributed by atoms with E-state index in [1.54, 1.807) is 0 Å². The molecule has 0 aliphatic carbocycles. The maximum absolute atomic E-state index is 13.2. The van der Waals surface area contributed by atoms with Crippen molar-refractivity contribution < 1.29 is 9.53 Å². The fourth-order valence-corrected chi connectivity index (χ4v) is 4.13. The van der Waals surface area contributed by atoms with Crippen LogP contribution in [0.15, 0.2) is 65.9 Å². The summed E-state index contributed by atoms with van der Waals surface area (Å²) in [6, 6.07) is 16.9. The van der Waals surface area contributed by atoms with Crippen LogP contribution in [0.2, 0.25) is 0 Å². The zero-order valence-electron chi connectivity index (χ0n) is 18.9. The van der Waals surface area contributed by atoms with Gasteiger partial charge in [-0.25, -0.2) is 0 Å². The fourth-order valence-electron chi connectivity index (χ4n) is 3.86. The van der Waals surface area contributed by atoms with Crippen molar-refractivity contribution in [3.63, 3.8) is 0 Å². The molecule has 1 amide bonds. The number of ether oxygens (including phenoxy) is 1. The van der Waals surface area contributed by atoms with Crippen LogP contribution in [0.25, 0.3) is 0 Å². The van der Waals surface area contributed by atoms with Gasteiger partial charge in [-0.05, 0) is 43.8 Å². The van der Waals surface area contributed by atoms with Crippen LogP contribution in [0.5, 0.6) is 5.75 Å². The third-order valence-corrected chi connectivity index (χ3v) is 5.75. The maximum Gasteiger partial charge on any atom is 0.255 e. The lowest BCUT2D eigenvalue weighted by Gasteiger charge is -2.31. The molecule has 0 aromatic heterocycles. The molecule has 1 heterocycles. The Balaban J connectivity index is 1.75. The molecular weight excluding hydrogens is 418 g/mol. The molecule has 1 atom stereocenters. The average Bonchev–Trinajstić information content (AvgIpc) is 2.79. The number of anilines is 1. The highest BCUT2D eigenvalue weighted by Gasteiger charge is 2.31. The Hall–Kier alpha value is -2.86. The summed E-state index contributed by atoms with van der Waals surface area (Å²) in [5, 5.41) is 9.84. The van der Waals surface area contributed by atoms with Crippen molar-refractivity contribution in [1.82, 2.24) is 10.6 Å². The maximum atomic E-state index is 13.2. The molecule has 6 heteroatoms. The van der Waals surface area contributed by atoms with Gasteiger partial charge in [0.05, 0.1) is 18.2 Å². The third kappa shape index (κ3) is 6.57. The molecular formula is C26H33N3O2S. The predicted molar refractivity (Wildman–Crippen MR) is 135 cm³/mol. The first kappa shape index (κ1) is 23.8. The Bertz CT molecular complexity index is 943. The molecule has 3 N–H and O–H groups in total. The zero-order valence-corrected chi connectivity index (χ0v) is 19.8. The lowest BCUT2D eigenvalue weighted by molar-refractivity contribution is -0.113. The van der Waals surface area contributed by atoms with Crippen molar-refractivity contribution in [3.8, 4) is 5.75 Å². The van der Waals surface area contributed by atoms with E-state index < -0.39 is 6.04 Å². The summed E-state index contributed by atoms with van der Waals surface area (Å²) in [6.45, 7) is 4.76. The normalized spacial score (nSPS) is 15.7. The zero-order chi connectivity index (χ0) is 22.8. The van der Waals surface area contributed by atoms with Crippen molar-refractivity contribution >= 4 is 28.9 Å². The van der Waals surface area contributed by atoms with E-state index in [0.717, 1.165) is 29.1 Å². The summed E-state index contributed by atoms with van der Waals surface area (Å²) >= 11 is 5.40. The number of nitrogens with one attached hydrogen (secondary N) is 3. The number of carbonyl (C=O) groups is 1. The Labute approximate surface area is 196 Å². The van der Waals surface area contributed by atoms with E-state index in [1.807, 2.05) is 61.5 Å². The number of benzene rings is 2. The lowest BCUT2D eigenvalue weighted by atomic mass is 9.94. The number of amides is 1. The van der Waals surface area contributed by atoms with Crippen LogP contribution in [0.4, 0.5) is 5.69 Å². The van der Waals surface area contributed by atoms with E-state index in [4.69, 9.17) is 17.0 Å². The highest BCUT2D eigenvalue weighted by molar-refractivity contribution is 7.80. The summed E-state index contributed by atoms with van der Waals surface area (Å²) in [4.78, 5) is 13.2. The highest BCUT2D eigenvalue weighted by atomic mass is 32.1. The van der Waals surface area contributed by atoms with Crippen LogP contribution in [0, 0.1) is 0 Å². The molecule has 0 fully saturated rings. The van der Waals surface area contributed by atoms with Crippen LogP contribution < -0.4 is 20.7 Å². The van der Waals surface area contributed by atoms with Gasteiger partial charge in [0.15, 0.2) is 5.11 Å². The number of para-hydroxylation sites is 2. The molecule has 0 bridgehead atoms. The quantitative estimate of drug-likeness (QED) is 0.295. The molecule has 32 heavy (non-hydrogen) atoms. The second-order valence-corrected chi connectivity index (χ2v) is 8.45. The minimum atomic E-state index is -0.395. The molecule has 0 spiro atoms. The first-order chi connectivity index (χ1) is 15.6. The second-order valence-electron chi connectivity index (χ2n) is 8.04. The SMILES string of the molecule is CCCCCCCCOc1ccccc1[C@@H]1NC(=S)NC(C)=C1C(=O)Nc1ccccc1. The molecule has 3 rings (SSSR count). The summed E-state index contributed by atoms with van der Waals surface area (Å²) < 4.78 is 6.16. The van der Waals surface area contributed by atoms with Gasteiger partial charge in [-0.2, -0.15) is 0 Å². The van der Waals surface area contributed by atoms with Crippen LogP contribution in [-0.2, 0) is 4.79 Å². The Kier molecular flexibility index (Phi) is 9.11. The minimum Gasteiger partial charge on any atom is -0.493 e. The molecule has 2 aromatic carbocycles. The standard InChI is InChI=1S/C26H33N3O2S/c1-3-4-5-6-7-13-18-31-22-17-12-11-16-21(22)24-23(19(2)27-26(32)29-24)25(30)28-20-14-9-8-10-15-20/h8-12,14-17,24H,3-7,13,18H2,1-2H3,(H,28,30)(H2,27,29,32)/t24-/m0/s1. The molecule has 1 aliphatic heterocycles. The van der Waals surface area contributed by atoms with Gasteiger partial charge in [0, 0.05) is 16.9 Å². The van der Waals surface area contributed by atoms with Crippen LogP contribution in [-0.4, -0.2) is 17.6 Å². The smallest absolute Gasteiger partial charge is 0.255 e. The van der Waals surface area contributed by atoms with Crippen LogP contribution in [0.3, 0.4) is 0 Å². The van der Waals surface area contributed by atoms with E-state index in [0.29, 0.717) is 17.3 Å². The molecule has 1 aliphatic rings. The first-order valence-electron chi connectivity index (χ1n) is 11.5. The van der Waals surface area contributed by atoms with Crippen LogP contribution in [0.1, 0.15) is 64.0 Å². The van der Waals surface area contributed by atoms with Gasteiger partial charge in [0.2, 0.25) is 0 Å². The summed E-state index contributed by atoms with van der Waals surface area (Å²) in [5.74, 6) is 0.605. The summed E-state index contributed by atoms with van der Waals surface area (Å²) in [5.41, 5.74) is 2.98. The van der Waals surface area contributed by atoms with Crippen molar-refractivity contribution in [1.29, 1.82) is 0 Å². The molecule has 0 saturated carbocycles. The lowest BCUT2D eigenvalue weighted by Crippen LogP contribution is -2.45. The second kappa shape index (κ2) is 12.2. The van der Waals surface area contributed by atoms with Crippen molar-refractivity contribution in [2.24, 2.45) is 0 Å². The van der Waals surface area contributed by atoms with E-state index in [2.05, 4.69) is 22.9 Å². The Morgan fingerprint density at radius 3 is 2.47 bits per heavy atom. The minimum absolute atomic E-state index is 0.174. The number of hydrogen-bond donors (Lipinski definition) is 3. The number of allylic oxidation sites excluding steroid dienone is 1. The first-order valence-corrected chi connectivity index (χ1v) is 11.9. The van der Waals surface area contributed by atoms with Crippen molar-refractivity contribution in [2.75, 3.05) is 11.9 Å². The topological polar surface area (TPSA) is 62.4 Å². The Morgan fingerprint density at radius 1 is 1.00 bits per heavy atom. The fraction of sp³-hybridized carbons (Fsp3) is 0.385. The van der Waals surface area contributed by atoms with E-state index in [-0.39, 0.29) is 5.91 Å². The van der Waals surface area contributed by atoms with Gasteiger partial charge in [-0.15, -0.1) is 0 Å². The largest absolute Gasteiger partial charge is 0.493 e. The van der Waals surface area contributed by atoms with Crippen molar-refractivity contribution in [2.45, 2.75) is 58.4 Å². The summed E-state index contributed by atoms with van der Waals surface area (Å²) in [6.07, 6.45) is 7.27. The predicted octanol–water partition coefficient (Wildman–Crippen LogP) is 5.86. The molecule has 2 aromatic rings. The highest BCUT2D eigenvalue weighted by Crippen LogP contribution is 2.33. The summed E-state index contributed by atoms with van der Waals surface area (Å²) in [7, 11) is 0. The molecule has 170 valence electrons. The van der Waals surface area contributed by atoms with E-state index in [9.17, 15) is 4.79 Å². The number of unbranched alkanes of at least 4 members (excludes halogenated alkanes) is 5. The van der Waals surface area contributed by atoms with Gasteiger partial charge in [-0.1, -0.05) is 75.4 Å². The number of rotatable bonds is 11. The van der Waals surface area contributed by atoms with Crippen LogP contribution >= 0.6 is 12.2 Å². The number of hydrogen-bond acceptors (Lipinski definition) is 3. The van der Waals surface area contributed by atoms with Gasteiger partial charge >= 0.3 is 0 Å². The average molecular weight is 452 g/mol. The molecule has 0 unspecified atom stereocenters. The van der Waals surface area contributed by atoms with Crippen molar-refractivity contribution in [3.05, 3.63) is 71.4 Å². The number of carbonyl (C=O) groups excluding carboxylic acids is 1. The van der Waals surface area contributed by atoms with Gasteiger partial charge < -0.3 is 20.7 Å².